The van der Waals surface area contributed by atoms with Gasteiger partial charge < -0.3 is 4.74 Å². The maximum absolute atomic E-state index is 14.4. The zero-order chi connectivity index (χ0) is 17.1. The quantitative estimate of drug-likeness (QED) is 0.491. The Balaban J connectivity index is 2.89. The Morgan fingerprint density at radius 2 is 1.87 bits per heavy atom. The highest BCUT2D eigenvalue weighted by molar-refractivity contribution is 6.10. The third kappa shape index (κ3) is 3.26. The molecule has 0 aliphatic carbocycles. The number of aromatic nitrogens is 1. The van der Waals surface area contributed by atoms with E-state index < -0.39 is 17.7 Å². The molecular weight excluding hydrogens is 299 g/mol. The van der Waals surface area contributed by atoms with Crippen LogP contribution in [0, 0.1) is 11.8 Å². The van der Waals surface area contributed by atoms with E-state index in [0.29, 0.717) is 11.1 Å². The molecule has 0 aliphatic rings. The van der Waals surface area contributed by atoms with Gasteiger partial charge in [0.25, 0.3) is 0 Å². The molecule has 0 unspecified atom stereocenters. The van der Waals surface area contributed by atoms with Gasteiger partial charge in [-0.25, -0.2) is 14.2 Å². The second-order valence-electron chi connectivity index (χ2n) is 5.37. The number of hydrogen-bond acceptors (Lipinski definition) is 3. The van der Waals surface area contributed by atoms with Gasteiger partial charge in [-0.3, -0.25) is 0 Å². The summed E-state index contributed by atoms with van der Waals surface area (Å²) in [7, 11) is 6.89. The first kappa shape index (κ1) is 17.1. The number of carbonyl (C=O) groups is 1. The standard InChI is InChI=1S/C17H16BF2NO2/c1-9(2)15-14(17(22)23-3)13(12(8-18)16(20)21-15)10-4-6-11(19)7-5-10/h4-7,9H,8H2,1-3H3. The molecule has 118 valence electrons. The van der Waals surface area contributed by atoms with E-state index in [-0.39, 0.29) is 29.1 Å². The third-order valence-electron chi connectivity index (χ3n) is 3.55. The first-order valence-electron chi connectivity index (χ1n) is 7.17. The zero-order valence-electron chi connectivity index (χ0n) is 13.2. The number of ether oxygens (including phenoxy) is 1. The number of nitrogens with zero attached hydrogens (tertiary/aromatic N) is 1. The lowest BCUT2D eigenvalue weighted by molar-refractivity contribution is 0.0599. The van der Waals surface area contributed by atoms with Crippen LogP contribution in [0.15, 0.2) is 24.3 Å². The molecule has 0 saturated heterocycles. The minimum atomic E-state index is -0.733. The van der Waals surface area contributed by atoms with Crippen molar-refractivity contribution in [2.75, 3.05) is 7.11 Å². The fraction of sp³-hybridized carbons (Fsp3) is 0.294. The number of methoxy groups -OCH3 is 1. The summed E-state index contributed by atoms with van der Waals surface area (Å²) in [6, 6.07) is 5.42. The van der Waals surface area contributed by atoms with E-state index in [1.807, 2.05) is 0 Å². The van der Waals surface area contributed by atoms with Crippen LogP contribution in [0.4, 0.5) is 8.78 Å². The Hall–Kier alpha value is -2.24. The Morgan fingerprint density at radius 3 is 2.35 bits per heavy atom. The first-order valence-corrected chi connectivity index (χ1v) is 7.17. The molecule has 0 atom stereocenters. The first-order chi connectivity index (χ1) is 10.9. The smallest absolute Gasteiger partial charge is 0.340 e. The minimum Gasteiger partial charge on any atom is -0.465 e. The molecular formula is C17H16BF2NO2. The molecule has 3 nitrogen and oxygen atoms in total. The summed E-state index contributed by atoms with van der Waals surface area (Å²) in [6.45, 7) is 3.59. The van der Waals surface area contributed by atoms with Crippen LogP contribution in [0.25, 0.3) is 11.1 Å². The molecule has 0 fully saturated rings. The number of carbonyl (C=O) groups excluding carboxylic acids is 1. The number of halogens is 2. The maximum Gasteiger partial charge on any atom is 0.340 e. The predicted octanol–water partition coefficient (Wildman–Crippen LogP) is 3.61. The highest BCUT2D eigenvalue weighted by Crippen LogP contribution is 2.34. The van der Waals surface area contributed by atoms with Crippen LogP contribution in [0.3, 0.4) is 0 Å². The molecule has 23 heavy (non-hydrogen) atoms. The van der Waals surface area contributed by atoms with Gasteiger partial charge in [0.05, 0.1) is 26.2 Å². The van der Waals surface area contributed by atoms with Crippen LogP contribution >= 0.6 is 0 Å². The van der Waals surface area contributed by atoms with Crippen molar-refractivity contribution in [3.63, 3.8) is 0 Å². The predicted molar refractivity (Wildman–Crippen MR) is 84.5 cm³/mol. The van der Waals surface area contributed by atoms with E-state index >= 15 is 0 Å². The lowest BCUT2D eigenvalue weighted by Gasteiger charge is -2.19. The fourth-order valence-electron chi connectivity index (χ4n) is 2.46. The minimum absolute atomic E-state index is 0.0985. The summed E-state index contributed by atoms with van der Waals surface area (Å²) in [5.74, 6) is -2.00. The molecule has 0 aliphatic heterocycles. The maximum atomic E-state index is 14.4. The van der Waals surface area contributed by atoms with Crippen molar-refractivity contribution in [1.82, 2.24) is 4.98 Å². The Kier molecular flexibility index (Phi) is 5.14. The van der Waals surface area contributed by atoms with Crippen LogP contribution in [0.2, 0.25) is 0 Å². The molecule has 1 heterocycles. The normalized spacial score (nSPS) is 10.9. The average molecular weight is 315 g/mol. The number of rotatable bonds is 4. The summed E-state index contributed by atoms with van der Waals surface area (Å²) in [4.78, 5) is 16.2. The monoisotopic (exact) mass is 315 g/mol. The van der Waals surface area contributed by atoms with Gasteiger partial charge in [-0.1, -0.05) is 32.3 Å². The number of benzene rings is 1. The molecule has 0 saturated carbocycles. The van der Waals surface area contributed by atoms with Gasteiger partial charge >= 0.3 is 5.97 Å². The summed E-state index contributed by atoms with van der Waals surface area (Å²) in [5.41, 5.74) is 1.33. The molecule has 6 heteroatoms. The second kappa shape index (κ2) is 6.90. The fourth-order valence-corrected chi connectivity index (χ4v) is 2.46. The number of hydrogen-bond donors (Lipinski definition) is 0. The van der Waals surface area contributed by atoms with Gasteiger partial charge in [0.1, 0.15) is 5.82 Å². The highest BCUT2D eigenvalue weighted by Gasteiger charge is 2.26. The van der Waals surface area contributed by atoms with Crippen LogP contribution in [-0.4, -0.2) is 25.9 Å². The summed E-state index contributed by atoms with van der Waals surface area (Å²) in [6.07, 6.45) is -0.145. The largest absolute Gasteiger partial charge is 0.465 e. The van der Waals surface area contributed by atoms with E-state index in [1.165, 1.54) is 31.4 Å². The lowest BCUT2D eigenvalue weighted by Crippen LogP contribution is -2.15. The van der Waals surface area contributed by atoms with Crippen molar-refractivity contribution < 1.29 is 18.3 Å². The molecule has 0 spiro atoms. The van der Waals surface area contributed by atoms with Crippen LogP contribution < -0.4 is 0 Å². The second-order valence-corrected chi connectivity index (χ2v) is 5.37. The molecule has 0 amide bonds. The molecule has 2 aromatic rings. The van der Waals surface area contributed by atoms with Crippen LogP contribution in [0.5, 0.6) is 0 Å². The summed E-state index contributed by atoms with van der Waals surface area (Å²) in [5, 5.41) is 0. The average Bonchev–Trinajstić information content (AvgIpc) is 2.53. The summed E-state index contributed by atoms with van der Waals surface area (Å²) < 4.78 is 32.4. The van der Waals surface area contributed by atoms with Crippen molar-refractivity contribution in [2.24, 2.45) is 0 Å². The van der Waals surface area contributed by atoms with E-state index in [1.54, 1.807) is 13.8 Å². The molecule has 1 aromatic carbocycles. The molecule has 0 bridgehead atoms. The van der Waals surface area contributed by atoms with E-state index in [0.717, 1.165) is 0 Å². The Bertz CT molecular complexity index is 730. The molecule has 2 rings (SSSR count). The lowest BCUT2D eigenvalue weighted by atomic mass is 9.85. The van der Waals surface area contributed by atoms with E-state index in [4.69, 9.17) is 12.6 Å². The van der Waals surface area contributed by atoms with Crippen molar-refractivity contribution in [3.05, 3.63) is 52.9 Å². The van der Waals surface area contributed by atoms with Gasteiger partial charge in [-0.05, 0) is 23.6 Å². The third-order valence-corrected chi connectivity index (χ3v) is 3.55. The molecule has 0 N–H and O–H groups in total. The van der Waals surface area contributed by atoms with Gasteiger partial charge in [-0.15, -0.1) is 0 Å². The topological polar surface area (TPSA) is 39.2 Å². The Labute approximate surface area is 135 Å². The van der Waals surface area contributed by atoms with Gasteiger partial charge in [0.2, 0.25) is 5.95 Å². The number of pyridine rings is 1. The van der Waals surface area contributed by atoms with Crippen LogP contribution in [-0.2, 0) is 11.1 Å². The van der Waals surface area contributed by atoms with Crippen molar-refractivity contribution >= 4 is 13.8 Å². The van der Waals surface area contributed by atoms with Crippen molar-refractivity contribution in [2.45, 2.75) is 26.1 Å². The molecule has 2 radical (unpaired) electrons. The van der Waals surface area contributed by atoms with Crippen molar-refractivity contribution in [3.8, 4) is 11.1 Å². The van der Waals surface area contributed by atoms with Crippen LogP contribution in [0.1, 0.15) is 41.4 Å². The number of esters is 1. The SMILES string of the molecule is [B]Cc1c(F)nc(C(C)C)c(C(=O)OC)c1-c1ccc(F)cc1. The van der Waals surface area contributed by atoms with Gasteiger partial charge in [0.15, 0.2) is 0 Å². The van der Waals surface area contributed by atoms with Gasteiger partial charge in [-0.2, -0.15) is 4.39 Å². The Morgan fingerprint density at radius 1 is 1.26 bits per heavy atom. The van der Waals surface area contributed by atoms with E-state index in [9.17, 15) is 13.6 Å². The van der Waals surface area contributed by atoms with Gasteiger partial charge in [0, 0.05) is 11.1 Å². The van der Waals surface area contributed by atoms with E-state index in [2.05, 4.69) is 4.98 Å². The molecule has 1 aromatic heterocycles. The van der Waals surface area contributed by atoms with Crippen molar-refractivity contribution in [1.29, 1.82) is 0 Å². The highest BCUT2D eigenvalue weighted by atomic mass is 19.1. The zero-order valence-corrected chi connectivity index (χ0v) is 13.2. The summed E-state index contributed by atoms with van der Waals surface area (Å²) >= 11 is 0.